The summed E-state index contributed by atoms with van der Waals surface area (Å²) in [6, 6.07) is 16.6. The van der Waals surface area contributed by atoms with Crippen molar-refractivity contribution in [2.24, 2.45) is 0 Å². The minimum atomic E-state index is -2.62. The number of aliphatic hydroxyl groups excluding tert-OH is 1. The van der Waals surface area contributed by atoms with Crippen molar-refractivity contribution >= 4 is 50.0 Å². The molecule has 1 saturated heterocycles. The number of esters is 5. The Morgan fingerprint density at radius 2 is 0.780 bits per heavy atom. The number of unbranched alkanes of at least 4 members (excludes halogenated alkanes) is 41. The first kappa shape index (κ1) is 107. The first-order valence-corrected chi connectivity index (χ1v) is 51.2. The third-order valence-corrected chi connectivity index (χ3v) is 28.4. The minimum Gasteiger partial charge on any atom is -0.462 e. The van der Waals surface area contributed by atoms with Crippen molar-refractivity contribution < 1.29 is 76.3 Å². The fourth-order valence-electron chi connectivity index (χ4n) is 15.3. The van der Waals surface area contributed by atoms with Crippen LogP contribution >= 0.6 is 0 Å². The number of nitrogens with one attached hydrogen (secondary N) is 2. The molecule has 0 radical (unpaired) electrons. The SMILES string of the molecule is CCCCCCCCCCC[C@H](CC(=O)NC1C(OC[C@@H](NC(=O)C[C@@H](CCCCCCCCCCC)OC(=O)CCCCCCCCc2ccccc2)C(=O)OCc2ccccc2)OC(CO[Si](C)(C)C(C)(C)C)C(O)C1OC(=O)C[C@@H](CCCCCCCCCCC)OC(=O)CCCCCCCCC)OC(=O)CCCCCCCCC. The Morgan fingerprint density at radius 1 is 0.432 bits per heavy atom. The van der Waals surface area contributed by atoms with Crippen LogP contribution in [-0.4, -0.2) is 123 Å². The van der Waals surface area contributed by atoms with E-state index in [2.05, 4.69) is 103 Å². The maximum absolute atomic E-state index is 15.3. The van der Waals surface area contributed by atoms with Crippen molar-refractivity contribution in [3.63, 3.8) is 0 Å². The summed E-state index contributed by atoms with van der Waals surface area (Å²) < 4.78 is 51.6. The maximum Gasteiger partial charge on any atom is 0.331 e. The first-order valence-electron chi connectivity index (χ1n) is 48.3. The van der Waals surface area contributed by atoms with Gasteiger partial charge < -0.3 is 53.3 Å². The van der Waals surface area contributed by atoms with Crippen LogP contribution in [0.1, 0.15) is 426 Å². The normalized spacial score (nSPS) is 16.7. The zero-order valence-electron chi connectivity index (χ0n) is 76.5. The van der Waals surface area contributed by atoms with E-state index in [-0.39, 0.29) is 68.7 Å². The van der Waals surface area contributed by atoms with Crippen molar-refractivity contribution in [1.82, 2.24) is 10.6 Å². The van der Waals surface area contributed by atoms with Gasteiger partial charge in [-0.05, 0) is 99.9 Å². The molecule has 1 aliphatic rings. The van der Waals surface area contributed by atoms with Gasteiger partial charge in [0.2, 0.25) is 11.8 Å². The Labute approximate surface area is 719 Å². The molecule has 118 heavy (non-hydrogen) atoms. The van der Waals surface area contributed by atoms with Crippen LogP contribution in [0.3, 0.4) is 0 Å². The van der Waals surface area contributed by atoms with Crippen molar-refractivity contribution in [2.45, 2.75) is 501 Å². The molecule has 2 aromatic carbocycles. The number of hydrogen-bond donors (Lipinski definition) is 3. The summed E-state index contributed by atoms with van der Waals surface area (Å²) >= 11 is 0. The third-order valence-electron chi connectivity index (χ3n) is 23.9. The lowest BCUT2D eigenvalue weighted by molar-refractivity contribution is -0.274. The van der Waals surface area contributed by atoms with Crippen molar-refractivity contribution in [1.29, 1.82) is 0 Å². The van der Waals surface area contributed by atoms with E-state index in [0.29, 0.717) is 56.9 Å². The first-order chi connectivity index (χ1) is 57.1. The van der Waals surface area contributed by atoms with Crippen LogP contribution in [0, 0.1) is 0 Å². The molecule has 1 heterocycles. The number of aryl methyl sites for hydroxylation is 1. The van der Waals surface area contributed by atoms with E-state index >= 15 is 9.59 Å². The molecule has 9 atom stereocenters. The van der Waals surface area contributed by atoms with Crippen molar-refractivity contribution in [3.8, 4) is 0 Å². The molecule has 1 fully saturated rings. The Kier molecular flexibility index (Phi) is 62.8. The van der Waals surface area contributed by atoms with Gasteiger partial charge in [0.25, 0.3) is 0 Å². The lowest BCUT2D eigenvalue weighted by atomic mass is 9.95. The molecule has 678 valence electrons. The molecule has 0 aliphatic carbocycles. The lowest BCUT2D eigenvalue weighted by Gasteiger charge is -2.45. The smallest absolute Gasteiger partial charge is 0.331 e. The molecule has 0 bridgehead atoms. The Balaban J connectivity index is 2.16. The van der Waals surface area contributed by atoms with E-state index in [0.717, 1.165) is 186 Å². The molecule has 5 unspecified atom stereocenters. The van der Waals surface area contributed by atoms with E-state index in [1.165, 1.54) is 95.5 Å². The number of carbonyl (C=O) groups excluding carboxylic acids is 7. The minimum absolute atomic E-state index is 0.146. The second-order valence-electron chi connectivity index (χ2n) is 35.8. The summed E-state index contributed by atoms with van der Waals surface area (Å²) in [4.78, 5) is 102. The van der Waals surface area contributed by atoms with Crippen molar-refractivity contribution in [2.75, 3.05) is 13.2 Å². The number of hydrogen-bond acceptors (Lipinski definition) is 16. The summed E-state index contributed by atoms with van der Waals surface area (Å²) in [5.74, 6) is -3.99. The monoisotopic (exact) mass is 1670 g/mol. The highest BCUT2D eigenvalue weighted by molar-refractivity contribution is 6.74. The highest BCUT2D eigenvalue weighted by atomic mass is 28.4. The highest BCUT2D eigenvalue weighted by Gasteiger charge is 2.51. The molecule has 3 rings (SSSR count). The fourth-order valence-corrected chi connectivity index (χ4v) is 16.3. The number of aliphatic hydroxyl groups is 1. The summed E-state index contributed by atoms with van der Waals surface area (Å²) in [5.41, 5.74) is 2.03. The number of carbonyl (C=O) groups is 7. The predicted octanol–water partition coefficient (Wildman–Crippen LogP) is 24.7. The molecule has 0 spiro atoms. The summed E-state index contributed by atoms with van der Waals surface area (Å²) in [6.45, 7) is 20.5. The lowest BCUT2D eigenvalue weighted by Crippen LogP contribution is -2.67. The van der Waals surface area contributed by atoms with Gasteiger partial charge in [-0.3, -0.25) is 28.8 Å². The van der Waals surface area contributed by atoms with Crippen LogP contribution in [0.2, 0.25) is 18.1 Å². The van der Waals surface area contributed by atoms with Crippen LogP contribution in [0.25, 0.3) is 0 Å². The van der Waals surface area contributed by atoms with E-state index in [1.807, 2.05) is 36.4 Å². The van der Waals surface area contributed by atoms with Gasteiger partial charge in [0.05, 0.1) is 32.5 Å². The Bertz CT molecular complexity index is 2840. The quantitative estimate of drug-likeness (QED) is 0.0241. The van der Waals surface area contributed by atoms with Gasteiger partial charge in [0.1, 0.15) is 43.2 Å². The van der Waals surface area contributed by atoms with Crippen LogP contribution in [-0.2, 0) is 84.2 Å². The molecule has 2 amide bonds. The average Bonchev–Trinajstić information content (AvgIpc) is 0.785. The number of benzene rings is 2. The van der Waals surface area contributed by atoms with E-state index in [4.69, 9.17) is 37.6 Å². The molecule has 1 aliphatic heterocycles. The van der Waals surface area contributed by atoms with Gasteiger partial charge in [-0.2, -0.15) is 0 Å². The van der Waals surface area contributed by atoms with Gasteiger partial charge >= 0.3 is 29.8 Å². The van der Waals surface area contributed by atoms with Crippen LogP contribution in [0.4, 0.5) is 0 Å². The molecule has 2 aromatic rings. The largest absolute Gasteiger partial charge is 0.462 e. The van der Waals surface area contributed by atoms with Crippen LogP contribution in [0.5, 0.6) is 0 Å². The molecule has 19 heteroatoms. The predicted molar refractivity (Wildman–Crippen MR) is 480 cm³/mol. The Morgan fingerprint density at radius 3 is 1.17 bits per heavy atom. The van der Waals surface area contributed by atoms with Gasteiger partial charge in [0, 0.05) is 19.3 Å². The van der Waals surface area contributed by atoms with Crippen LogP contribution in [0.15, 0.2) is 60.7 Å². The van der Waals surface area contributed by atoms with Gasteiger partial charge in [-0.1, -0.05) is 373 Å². The topological polar surface area (TPSA) is 238 Å². The molecular weight excluding hydrogens is 1500 g/mol. The fraction of sp³-hybridized carbons (Fsp3) is 0.808. The zero-order valence-corrected chi connectivity index (χ0v) is 77.5. The average molecular weight is 1670 g/mol. The maximum atomic E-state index is 15.3. The number of ether oxygens (including phenoxy) is 7. The summed E-state index contributed by atoms with van der Waals surface area (Å²) in [7, 11) is -2.62. The summed E-state index contributed by atoms with van der Waals surface area (Å²) in [6.07, 6.45) is 42.6. The summed E-state index contributed by atoms with van der Waals surface area (Å²) in [5, 5.41) is 18.6. The van der Waals surface area contributed by atoms with E-state index in [9.17, 15) is 29.1 Å². The second-order valence-corrected chi connectivity index (χ2v) is 40.7. The van der Waals surface area contributed by atoms with Crippen molar-refractivity contribution in [3.05, 3.63) is 71.8 Å². The van der Waals surface area contributed by atoms with Gasteiger partial charge in [0.15, 0.2) is 26.8 Å². The van der Waals surface area contributed by atoms with E-state index in [1.54, 1.807) is 0 Å². The zero-order chi connectivity index (χ0) is 86.0. The van der Waals surface area contributed by atoms with Crippen LogP contribution < -0.4 is 10.6 Å². The molecular formula is C99H172N2O16Si. The molecule has 0 aromatic heterocycles. The number of rotatable bonds is 76. The second kappa shape index (κ2) is 69.2. The Hall–Kier alpha value is -5.21. The van der Waals surface area contributed by atoms with Gasteiger partial charge in [-0.25, -0.2) is 4.79 Å². The molecule has 18 nitrogen and oxygen atoms in total. The van der Waals surface area contributed by atoms with Gasteiger partial charge in [-0.15, -0.1) is 0 Å². The molecule has 3 N–H and O–H groups in total. The van der Waals surface area contributed by atoms with E-state index < -0.39 is 99.6 Å². The third kappa shape index (κ3) is 53.6. The number of amides is 2. The highest BCUT2D eigenvalue weighted by Crippen LogP contribution is 2.38. The standard InChI is InChI=1S/C99H172N2O16Si/c1-11-16-21-26-31-34-39-45-58-69-83(113-90(104)73-63-50-43-42-44-53-64-81-65-54-51-55-66-81)75-88(102)100-86(97(109)110-78-82-67-56-52-57-68-82)79-111-98-94(101-89(103)76-84(70-59-46-40-35-32-27-22-17-12-2)114-91(105)72-61-48-37-29-24-19-14-4)96(95(108)87(116-98)80-112-118(9,10)99(6,7)8)117-93(107)77-85(71-60-47-41-36-33-28-23-18-13-3)115-92(106)74-62-49-38-30-25-20-15-5/h51-52,54-57,65-68,83-87,94-96,98,108H,11-50,53,58-64,69-80H2,1-10H3,(H,100,102)(H,101,103)/t83-,84-,85-,86-,87?,94?,95?,96?,98?/m1/s1. The molecule has 0 saturated carbocycles.